The Kier molecular flexibility index (Phi) is 6.56. The Labute approximate surface area is 111 Å². The predicted octanol–water partition coefficient (Wildman–Crippen LogP) is 0.419. The summed E-state index contributed by atoms with van der Waals surface area (Å²) in [6.07, 6.45) is 0. The summed E-state index contributed by atoms with van der Waals surface area (Å²) in [5.41, 5.74) is 0.946. The van der Waals surface area contributed by atoms with E-state index in [2.05, 4.69) is 5.32 Å². The zero-order chi connectivity index (χ0) is 14.1. The van der Waals surface area contributed by atoms with Gasteiger partial charge in [0.25, 0.3) is 0 Å². The number of hydrogen-bond donors (Lipinski definition) is 2. The van der Waals surface area contributed by atoms with Crippen LogP contribution < -0.4 is 5.32 Å². The maximum absolute atomic E-state index is 11.5. The topological polar surface area (TPSA) is 84.9 Å². The van der Waals surface area contributed by atoms with Crippen LogP contribution in [0.25, 0.3) is 0 Å². The molecule has 1 unspecified atom stereocenters. The average Bonchev–Trinajstić information content (AvgIpc) is 2.39. The first kappa shape index (κ1) is 15.1. The molecule has 1 rings (SSSR count). The quantitative estimate of drug-likeness (QED) is 0.713. The number of carboxylic acids is 1. The van der Waals surface area contributed by atoms with Gasteiger partial charge in [-0.3, -0.25) is 4.79 Å². The molecule has 0 heterocycles. The smallest absolute Gasteiger partial charge is 0.328 e. The van der Waals surface area contributed by atoms with Gasteiger partial charge in [-0.05, 0) is 5.56 Å². The van der Waals surface area contributed by atoms with Crippen molar-refractivity contribution in [3.8, 4) is 0 Å². The van der Waals surface area contributed by atoms with Crippen LogP contribution in [0.3, 0.4) is 0 Å². The summed E-state index contributed by atoms with van der Waals surface area (Å²) < 4.78 is 9.90. The number of rotatable bonds is 8. The molecule has 0 saturated carbocycles. The van der Waals surface area contributed by atoms with E-state index in [9.17, 15) is 9.59 Å². The molecule has 1 amide bonds. The molecule has 1 aromatic carbocycles. The molecule has 0 fully saturated rings. The van der Waals surface area contributed by atoms with Gasteiger partial charge in [0, 0.05) is 7.11 Å². The van der Waals surface area contributed by atoms with Gasteiger partial charge in [-0.25, -0.2) is 4.79 Å². The fourth-order valence-electron chi connectivity index (χ4n) is 1.41. The third kappa shape index (κ3) is 5.98. The van der Waals surface area contributed by atoms with E-state index < -0.39 is 17.9 Å². The number of aliphatic carboxylic acids is 1. The highest BCUT2D eigenvalue weighted by molar-refractivity contribution is 5.84. The van der Waals surface area contributed by atoms with E-state index in [4.69, 9.17) is 14.6 Å². The van der Waals surface area contributed by atoms with Gasteiger partial charge in [0.1, 0.15) is 6.61 Å². The molecular formula is C13H17NO5. The van der Waals surface area contributed by atoms with Gasteiger partial charge in [0.2, 0.25) is 5.91 Å². The van der Waals surface area contributed by atoms with Crippen LogP contribution in [-0.4, -0.2) is 43.3 Å². The van der Waals surface area contributed by atoms with E-state index in [1.165, 1.54) is 7.11 Å². The lowest BCUT2D eigenvalue weighted by Crippen LogP contribution is -2.45. The molecule has 0 aliphatic carbocycles. The number of carboxylic acid groups (broad SMARTS) is 1. The highest BCUT2D eigenvalue weighted by Crippen LogP contribution is 2.00. The summed E-state index contributed by atoms with van der Waals surface area (Å²) in [4.78, 5) is 22.3. The Balaban J connectivity index is 2.29. The minimum Gasteiger partial charge on any atom is -0.480 e. The zero-order valence-corrected chi connectivity index (χ0v) is 10.7. The van der Waals surface area contributed by atoms with Gasteiger partial charge in [0.15, 0.2) is 6.04 Å². The molecule has 6 nitrogen and oxygen atoms in total. The van der Waals surface area contributed by atoms with E-state index in [-0.39, 0.29) is 13.2 Å². The van der Waals surface area contributed by atoms with Crippen LogP contribution in [0.4, 0.5) is 0 Å². The largest absolute Gasteiger partial charge is 0.480 e. The van der Waals surface area contributed by atoms with E-state index in [0.717, 1.165) is 5.56 Å². The summed E-state index contributed by atoms with van der Waals surface area (Å²) >= 11 is 0. The number of ether oxygens (including phenoxy) is 2. The molecule has 1 aromatic rings. The fraction of sp³-hybridized carbons (Fsp3) is 0.385. The third-order valence-corrected chi connectivity index (χ3v) is 2.31. The Hall–Kier alpha value is -1.92. The average molecular weight is 267 g/mol. The summed E-state index contributed by atoms with van der Waals surface area (Å²) in [7, 11) is 1.37. The normalized spacial score (nSPS) is 11.8. The predicted molar refractivity (Wildman–Crippen MR) is 67.5 cm³/mol. The van der Waals surface area contributed by atoms with Gasteiger partial charge in [-0.15, -0.1) is 0 Å². The number of nitrogens with one attached hydrogen (secondary N) is 1. The summed E-state index contributed by atoms with van der Waals surface area (Å²) in [5, 5.41) is 11.1. The highest BCUT2D eigenvalue weighted by Gasteiger charge is 2.19. The second kappa shape index (κ2) is 8.23. The lowest BCUT2D eigenvalue weighted by Gasteiger charge is -2.13. The zero-order valence-electron chi connectivity index (χ0n) is 10.7. The van der Waals surface area contributed by atoms with E-state index >= 15 is 0 Å². The molecule has 0 aliphatic rings. The second-order valence-corrected chi connectivity index (χ2v) is 3.89. The third-order valence-electron chi connectivity index (χ3n) is 2.31. The Bertz CT molecular complexity index is 407. The molecule has 104 valence electrons. The molecule has 19 heavy (non-hydrogen) atoms. The molecule has 0 spiro atoms. The maximum Gasteiger partial charge on any atom is 0.328 e. The SMILES string of the molecule is COCC(NC(=O)COCc1ccccc1)C(=O)O. The maximum atomic E-state index is 11.5. The van der Waals surface area contributed by atoms with Crippen molar-refractivity contribution < 1.29 is 24.2 Å². The van der Waals surface area contributed by atoms with Crippen LogP contribution in [0.2, 0.25) is 0 Å². The van der Waals surface area contributed by atoms with Crippen molar-refractivity contribution in [2.24, 2.45) is 0 Å². The minimum atomic E-state index is -1.14. The molecule has 6 heteroatoms. The van der Waals surface area contributed by atoms with Crippen molar-refractivity contribution in [1.29, 1.82) is 0 Å². The lowest BCUT2D eigenvalue weighted by atomic mass is 10.2. The van der Waals surface area contributed by atoms with Crippen molar-refractivity contribution in [2.45, 2.75) is 12.6 Å². The molecule has 1 atom stereocenters. The number of methoxy groups -OCH3 is 1. The van der Waals surface area contributed by atoms with E-state index in [1.54, 1.807) is 0 Å². The van der Waals surface area contributed by atoms with Crippen LogP contribution in [0, 0.1) is 0 Å². The molecule has 2 N–H and O–H groups in total. The van der Waals surface area contributed by atoms with Crippen LogP contribution >= 0.6 is 0 Å². The van der Waals surface area contributed by atoms with Crippen molar-refractivity contribution in [3.63, 3.8) is 0 Å². The standard InChI is InChI=1S/C13H17NO5/c1-18-8-11(13(16)17)14-12(15)9-19-7-10-5-3-2-4-6-10/h2-6,11H,7-9H2,1H3,(H,14,15)(H,16,17). The lowest BCUT2D eigenvalue weighted by molar-refractivity contribution is -0.144. The van der Waals surface area contributed by atoms with Crippen LogP contribution in [0.5, 0.6) is 0 Å². The first-order valence-corrected chi connectivity index (χ1v) is 5.76. The molecule has 0 bridgehead atoms. The van der Waals surface area contributed by atoms with Crippen LogP contribution in [-0.2, 0) is 25.7 Å². The molecular weight excluding hydrogens is 250 g/mol. The van der Waals surface area contributed by atoms with Crippen molar-refractivity contribution in [1.82, 2.24) is 5.32 Å². The minimum absolute atomic E-state index is 0.0836. The number of carbonyl (C=O) groups is 2. The number of benzene rings is 1. The van der Waals surface area contributed by atoms with Crippen LogP contribution in [0.15, 0.2) is 30.3 Å². The highest BCUT2D eigenvalue weighted by atomic mass is 16.5. The summed E-state index contributed by atoms with van der Waals surface area (Å²) in [6, 6.07) is 8.33. The summed E-state index contributed by atoms with van der Waals surface area (Å²) in [6.45, 7) is 0.0262. The first-order valence-electron chi connectivity index (χ1n) is 5.76. The fourth-order valence-corrected chi connectivity index (χ4v) is 1.41. The number of hydrogen-bond acceptors (Lipinski definition) is 4. The second-order valence-electron chi connectivity index (χ2n) is 3.89. The Morgan fingerprint density at radius 1 is 1.32 bits per heavy atom. The van der Waals surface area contributed by atoms with Gasteiger partial charge >= 0.3 is 5.97 Å². The first-order chi connectivity index (χ1) is 9.13. The molecule has 0 aliphatic heterocycles. The number of carbonyl (C=O) groups excluding carboxylic acids is 1. The molecule has 0 saturated heterocycles. The Morgan fingerprint density at radius 3 is 2.58 bits per heavy atom. The van der Waals surface area contributed by atoms with Crippen molar-refractivity contribution in [3.05, 3.63) is 35.9 Å². The molecule has 0 aromatic heterocycles. The van der Waals surface area contributed by atoms with Gasteiger partial charge in [-0.1, -0.05) is 30.3 Å². The number of amides is 1. The van der Waals surface area contributed by atoms with Crippen LogP contribution in [0.1, 0.15) is 5.56 Å². The van der Waals surface area contributed by atoms with Gasteiger partial charge in [0.05, 0.1) is 13.2 Å². The van der Waals surface area contributed by atoms with E-state index in [0.29, 0.717) is 6.61 Å². The van der Waals surface area contributed by atoms with Crippen molar-refractivity contribution >= 4 is 11.9 Å². The van der Waals surface area contributed by atoms with E-state index in [1.807, 2.05) is 30.3 Å². The summed E-state index contributed by atoms with van der Waals surface area (Å²) in [5.74, 6) is -1.63. The Morgan fingerprint density at radius 2 is 2.00 bits per heavy atom. The molecule has 0 radical (unpaired) electrons. The van der Waals surface area contributed by atoms with Gasteiger partial charge in [-0.2, -0.15) is 0 Å². The van der Waals surface area contributed by atoms with Gasteiger partial charge < -0.3 is 19.9 Å². The van der Waals surface area contributed by atoms with Crippen molar-refractivity contribution in [2.75, 3.05) is 20.3 Å². The monoisotopic (exact) mass is 267 g/mol.